The van der Waals surface area contributed by atoms with Crippen LogP contribution in [0.1, 0.15) is 25.0 Å². The van der Waals surface area contributed by atoms with Crippen molar-refractivity contribution in [3.63, 3.8) is 0 Å². The zero-order valence-electron chi connectivity index (χ0n) is 10.0. The molecule has 0 saturated carbocycles. The second-order valence-electron chi connectivity index (χ2n) is 3.84. The van der Waals surface area contributed by atoms with E-state index in [0.29, 0.717) is 0 Å². The maximum absolute atomic E-state index is 10.4. The Balaban J connectivity index is 2.99. The molecule has 1 aromatic rings. The Kier molecular flexibility index (Phi) is 4.52. The van der Waals surface area contributed by atoms with E-state index < -0.39 is 5.97 Å². The predicted molar refractivity (Wildman–Crippen MR) is 69.0 cm³/mol. The van der Waals surface area contributed by atoms with Crippen LogP contribution in [0.15, 0.2) is 30.9 Å². The molecular formula is C14H16O3. The molecule has 0 amide bonds. The van der Waals surface area contributed by atoms with Crippen molar-refractivity contribution in [3.05, 3.63) is 42.0 Å². The highest BCUT2D eigenvalue weighted by atomic mass is 16.5. The third-order valence-corrected chi connectivity index (χ3v) is 2.03. The van der Waals surface area contributed by atoms with Crippen LogP contribution < -0.4 is 4.74 Å². The molecule has 0 unspecified atom stereocenters. The molecule has 0 aliphatic carbocycles. The lowest BCUT2D eigenvalue weighted by molar-refractivity contribution is -0.131. The third-order valence-electron chi connectivity index (χ3n) is 2.03. The summed E-state index contributed by atoms with van der Waals surface area (Å²) >= 11 is 0. The van der Waals surface area contributed by atoms with Crippen LogP contribution in [0.25, 0.3) is 12.2 Å². The van der Waals surface area contributed by atoms with Gasteiger partial charge in [-0.3, -0.25) is 0 Å². The molecule has 0 saturated heterocycles. The van der Waals surface area contributed by atoms with E-state index in [1.807, 2.05) is 32.0 Å². The number of carbonyl (C=O) groups is 1. The fourth-order valence-corrected chi connectivity index (χ4v) is 1.36. The largest absolute Gasteiger partial charge is 0.490 e. The lowest BCUT2D eigenvalue weighted by Crippen LogP contribution is -2.06. The van der Waals surface area contributed by atoms with Gasteiger partial charge in [0, 0.05) is 11.6 Å². The molecule has 90 valence electrons. The van der Waals surface area contributed by atoms with Crippen molar-refractivity contribution < 1.29 is 14.6 Å². The lowest BCUT2D eigenvalue weighted by Gasteiger charge is -2.12. The van der Waals surface area contributed by atoms with Crippen molar-refractivity contribution in [3.8, 4) is 5.75 Å². The zero-order valence-corrected chi connectivity index (χ0v) is 10.0. The Bertz CT molecular complexity index is 445. The highest BCUT2D eigenvalue weighted by Gasteiger charge is 2.03. The van der Waals surface area contributed by atoms with Gasteiger partial charge in [-0.1, -0.05) is 18.7 Å². The fourth-order valence-electron chi connectivity index (χ4n) is 1.36. The van der Waals surface area contributed by atoms with Gasteiger partial charge in [-0.25, -0.2) is 4.79 Å². The molecule has 0 heterocycles. The molecule has 1 aromatic carbocycles. The molecule has 0 aliphatic heterocycles. The molecule has 0 spiro atoms. The number of aliphatic carboxylic acids is 1. The summed E-state index contributed by atoms with van der Waals surface area (Å²) in [6.45, 7) is 7.61. The highest BCUT2D eigenvalue weighted by Crippen LogP contribution is 2.23. The molecule has 1 N–H and O–H groups in total. The van der Waals surface area contributed by atoms with Gasteiger partial charge < -0.3 is 9.84 Å². The van der Waals surface area contributed by atoms with Crippen molar-refractivity contribution in [2.45, 2.75) is 20.0 Å². The van der Waals surface area contributed by atoms with Crippen molar-refractivity contribution >= 4 is 18.1 Å². The second-order valence-corrected chi connectivity index (χ2v) is 3.84. The summed E-state index contributed by atoms with van der Waals surface area (Å²) < 4.78 is 5.61. The highest BCUT2D eigenvalue weighted by molar-refractivity contribution is 5.85. The SMILES string of the molecule is C=Cc1cc(/C=C/C(=O)O)ccc1OC(C)C. The van der Waals surface area contributed by atoms with Crippen LogP contribution in [0.4, 0.5) is 0 Å². The van der Waals surface area contributed by atoms with E-state index in [2.05, 4.69) is 6.58 Å². The molecule has 0 aliphatic rings. The maximum atomic E-state index is 10.4. The third kappa shape index (κ3) is 4.15. The van der Waals surface area contributed by atoms with Gasteiger partial charge in [0.1, 0.15) is 5.75 Å². The van der Waals surface area contributed by atoms with Gasteiger partial charge in [0.2, 0.25) is 0 Å². The van der Waals surface area contributed by atoms with Crippen molar-refractivity contribution in [1.29, 1.82) is 0 Å². The first kappa shape index (κ1) is 13.0. The Labute approximate surface area is 101 Å². The first-order valence-electron chi connectivity index (χ1n) is 5.37. The average Bonchev–Trinajstić information content (AvgIpc) is 2.26. The van der Waals surface area contributed by atoms with Gasteiger partial charge in [0.25, 0.3) is 0 Å². The van der Waals surface area contributed by atoms with Gasteiger partial charge >= 0.3 is 5.97 Å². The van der Waals surface area contributed by atoms with E-state index >= 15 is 0 Å². The number of hydrogen-bond acceptors (Lipinski definition) is 2. The topological polar surface area (TPSA) is 46.5 Å². The monoisotopic (exact) mass is 232 g/mol. The second kappa shape index (κ2) is 5.89. The Morgan fingerprint density at radius 3 is 2.71 bits per heavy atom. The zero-order chi connectivity index (χ0) is 12.8. The quantitative estimate of drug-likeness (QED) is 0.793. The number of ether oxygens (including phenoxy) is 1. The molecule has 3 nitrogen and oxygen atoms in total. The summed E-state index contributed by atoms with van der Waals surface area (Å²) in [6, 6.07) is 5.47. The Morgan fingerprint density at radius 1 is 1.47 bits per heavy atom. The van der Waals surface area contributed by atoms with Crippen molar-refractivity contribution in [1.82, 2.24) is 0 Å². The summed E-state index contributed by atoms with van der Waals surface area (Å²) in [4.78, 5) is 10.4. The summed E-state index contributed by atoms with van der Waals surface area (Å²) in [5.41, 5.74) is 1.66. The molecule has 0 aromatic heterocycles. The van der Waals surface area contributed by atoms with Crippen LogP contribution >= 0.6 is 0 Å². The molecule has 0 atom stereocenters. The van der Waals surface area contributed by atoms with Gasteiger partial charge in [0.05, 0.1) is 6.10 Å². The Morgan fingerprint density at radius 2 is 2.18 bits per heavy atom. The van der Waals surface area contributed by atoms with Gasteiger partial charge in [-0.2, -0.15) is 0 Å². The minimum absolute atomic E-state index is 0.0918. The first-order chi connectivity index (χ1) is 8.02. The number of hydrogen-bond donors (Lipinski definition) is 1. The molecule has 0 radical (unpaired) electrons. The molecule has 3 heteroatoms. The van der Waals surface area contributed by atoms with Crippen LogP contribution in [0.2, 0.25) is 0 Å². The van der Waals surface area contributed by atoms with Crippen LogP contribution in [0.3, 0.4) is 0 Å². The van der Waals surface area contributed by atoms with Crippen LogP contribution in [-0.4, -0.2) is 17.2 Å². The number of benzene rings is 1. The van der Waals surface area contributed by atoms with E-state index in [1.165, 1.54) is 6.08 Å². The van der Waals surface area contributed by atoms with Crippen LogP contribution in [-0.2, 0) is 4.79 Å². The van der Waals surface area contributed by atoms with Crippen LogP contribution in [0, 0.1) is 0 Å². The maximum Gasteiger partial charge on any atom is 0.328 e. The fraction of sp³-hybridized carbons (Fsp3) is 0.214. The Hall–Kier alpha value is -2.03. The standard InChI is InChI=1S/C14H16O3/c1-4-12-9-11(6-8-14(15)16)5-7-13(12)17-10(2)3/h4-10H,1H2,2-3H3,(H,15,16)/b8-6+. The lowest BCUT2D eigenvalue weighted by atomic mass is 10.1. The average molecular weight is 232 g/mol. The first-order valence-corrected chi connectivity index (χ1v) is 5.37. The summed E-state index contributed by atoms with van der Waals surface area (Å²) in [5.74, 6) is -0.213. The molecule has 1 rings (SSSR count). The van der Waals surface area contributed by atoms with Crippen molar-refractivity contribution in [2.24, 2.45) is 0 Å². The van der Waals surface area contributed by atoms with E-state index in [9.17, 15) is 4.79 Å². The molecule has 17 heavy (non-hydrogen) atoms. The predicted octanol–water partition coefficient (Wildman–Crippen LogP) is 3.21. The van der Waals surface area contributed by atoms with Crippen LogP contribution in [0.5, 0.6) is 5.75 Å². The molecule has 0 fully saturated rings. The number of carboxylic acid groups (broad SMARTS) is 1. The summed E-state index contributed by atoms with van der Waals surface area (Å²) in [6.07, 6.45) is 4.42. The van der Waals surface area contributed by atoms with E-state index in [4.69, 9.17) is 9.84 Å². The van der Waals surface area contributed by atoms with Gasteiger partial charge in [-0.15, -0.1) is 0 Å². The van der Waals surface area contributed by atoms with E-state index in [-0.39, 0.29) is 6.10 Å². The van der Waals surface area contributed by atoms with Gasteiger partial charge in [-0.05, 0) is 37.6 Å². The van der Waals surface area contributed by atoms with E-state index in [1.54, 1.807) is 6.08 Å². The normalized spacial score (nSPS) is 10.8. The molecular weight excluding hydrogens is 216 g/mol. The van der Waals surface area contributed by atoms with Crippen molar-refractivity contribution in [2.75, 3.05) is 0 Å². The summed E-state index contributed by atoms with van der Waals surface area (Å²) in [5, 5.41) is 8.54. The molecule has 0 bridgehead atoms. The van der Waals surface area contributed by atoms with E-state index in [0.717, 1.165) is 23.0 Å². The minimum Gasteiger partial charge on any atom is -0.490 e. The number of carboxylic acids is 1. The smallest absolute Gasteiger partial charge is 0.328 e. The van der Waals surface area contributed by atoms with Gasteiger partial charge in [0.15, 0.2) is 0 Å². The summed E-state index contributed by atoms with van der Waals surface area (Å²) in [7, 11) is 0. The minimum atomic E-state index is -0.965. The number of rotatable bonds is 5.